The first-order chi connectivity index (χ1) is 10.7. The zero-order valence-corrected chi connectivity index (χ0v) is 13.1. The van der Waals surface area contributed by atoms with Gasteiger partial charge in [0.05, 0.1) is 0 Å². The fourth-order valence-electron chi connectivity index (χ4n) is 2.47. The Balaban J connectivity index is 1.72. The first-order valence-electron chi connectivity index (χ1n) is 7.08. The van der Waals surface area contributed by atoms with Crippen LogP contribution in [-0.4, -0.2) is 29.3 Å². The quantitative estimate of drug-likeness (QED) is 0.886. The zero-order valence-electron chi connectivity index (χ0n) is 12.2. The number of hydrogen-bond donors (Lipinski definition) is 1. The predicted molar refractivity (Wildman–Crippen MR) is 83.6 cm³/mol. The molecule has 116 valence electrons. The van der Waals surface area contributed by atoms with Gasteiger partial charge in [-0.25, -0.2) is 4.79 Å². The highest BCUT2D eigenvalue weighted by Crippen LogP contribution is 2.33. The molecular weight excluding hydrogens is 302 g/mol. The SMILES string of the molecule is CCN(Cc1ccc2c(c1)OCO2)Cc1ccsc1C(=O)O. The number of hydrogen-bond acceptors (Lipinski definition) is 5. The number of aromatic carboxylic acids is 1. The summed E-state index contributed by atoms with van der Waals surface area (Å²) in [7, 11) is 0. The Labute approximate surface area is 132 Å². The van der Waals surface area contributed by atoms with Crippen LogP contribution in [-0.2, 0) is 13.1 Å². The first kappa shape index (κ1) is 14.9. The number of carboxylic acids is 1. The van der Waals surface area contributed by atoms with E-state index in [2.05, 4.69) is 11.8 Å². The number of fused-ring (bicyclic) bond motifs is 1. The summed E-state index contributed by atoms with van der Waals surface area (Å²) in [6, 6.07) is 7.80. The summed E-state index contributed by atoms with van der Waals surface area (Å²) in [5, 5.41) is 11.0. The van der Waals surface area contributed by atoms with E-state index in [9.17, 15) is 9.90 Å². The summed E-state index contributed by atoms with van der Waals surface area (Å²) in [4.78, 5) is 13.8. The predicted octanol–water partition coefficient (Wildman–Crippen LogP) is 3.20. The molecule has 2 aromatic rings. The van der Waals surface area contributed by atoms with Crippen molar-refractivity contribution in [3.63, 3.8) is 0 Å². The van der Waals surface area contributed by atoms with Crippen molar-refractivity contribution in [3.8, 4) is 11.5 Å². The Kier molecular flexibility index (Phi) is 4.31. The second-order valence-corrected chi connectivity index (χ2v) is 5.99. The second kappa shape index (κ2) is 6.37. The third-order valence-electron chi connectivity index (χ3n) is 3.63. The van der Waals surface area contributed by atoms with E-state index in [0.29, 0.717) is 11.4 Å². The fourth-order valence-corrected chi connectivity index (χ4v) is 3.22. The summed E-state index contributed by atoms with van der Waals surface area (Å²) in [6.45, 7) is 4.54. The molecule has 2 heterocycles. The van der Waals surface area contributed by atoms with Gasteiger partial charge in [0.1, 0.15) is 4.88 Å². The van der Waals surface area contributed by atoms with Gasteiger partial charge in [0, 0.05) is 13.1 Å². The lowest BCUT2D eigenvalue weighted by atomic mass is 10.1. The zero-order chi connectivity index (χ0) is 15.5. The van der Waals surface area contributed by atoms with E-state index in [1.54, 1.807) is 0 Å². The number of carbonyl (C=O) groups is 1. The minimum absolute atomic E-state index is 0.271. The number of carboxylic acid groups (broad SMARTS) is 1. The van der Waals surface area contributed by atoms with E-state index in [-0.39, 0.29) is 6.79 Å². The van der Waals surface area contributed by atoms with E-state index < -0.39 is 5.97 Å². The molecule has 0 spiro atoms. The Bertz CT molecular complexity index is 683. The van der Waals surface area contributed by atoms with Crippen LogP contribution in [0, 0.1) is 0 Å². The second-order valence-electron chi connectivity index (χ2n) is 5.07. The molecule has 6 heteroatoms. The van der Waals surface area contributed by atoms with Crippen molar-refractivity contribution < 1.29 is 19.4 Å². The van der Waals surface area contributed by atoms with E-state index in [1.807, 2.05) is 29.6 Å². The molecule has 1 aromatic heterocycles. The van der Waals surface area contributed by atoms with Gasteiger partial charge in [0.2, 0.25) is 6.79 Å². The number of rotatable bonds is 6. The van der Waals surface area contributed by atoms with E-state index in [0.717, 1.165) is 35.7 Å². The van der Waals surface area contributed by atoms with Gasteiger partial charge in [0.15, 0.2) is 11.5 Å². The molecule has 1 aliphatic heterocycles. The van der Waals surface area contributed by atoms with E-state index in [1.165, 1.54) is 11.3 Å². The monoisotopic (exact) mass is 319 g/mol. The van der Waals surface area contributed by atoms with Crippen molar-refractivity contribution in [3.05, 3.63) is 45.6 Å². The van der Waals surface area contributed by atoms with Crippen molar-refractivity contribution >= 4 is 17.3 Å². The molecule has 22 heavy (non-hydrogen) atoms. The Morgan fingerprint density at radius 1 is 1.27 bits per heavy atom. The number of thiophene rings is 1. The van der Waals surface area contributed by atoms with Crippen molar-refractivity contribution in [1.82, 2.24) is 4.90 Å². The van der Waals surface area contributed by atoms with Crippen molar-refractivity contribution in [2.75, 3.05) is 13.3 Å². The van der Waals surface area contributed by atoms with Crippen LogP contribution in [0.2, 0.25) is 0 Å². The molecule has 0 amide bonds. The maximum absolute atomic E-state index is 11.2. The molecule has 1 aliphatic rings. The lowest BCUT2D eigenvalue weighted by molar-refractivity contribution is 0.0700. The van der Waals surface area contributed by atoms with Gasteiger partial charge in [-0.05, 0) is 41.3 Å². The average Bonchev–Trinajstić information content (AvgIpc) is 3.14. The van der Waals surface area contributed by atoms with Gasteiger partial charge in [-0.1, -0.05) is 13.0 Å². The molecule has 0 unspecified atom stereocenters. The third-order valence-corrected chi connectivity index (χ3v) is 4.57. The minimum Gasteiger partial charge on any atom is -0.477 e. The lowest BCUT2D eigenvalue weighted by Crippen LogP contribution is -2.23. The normalized spacial score (nSPS) is 12.8. The van der Waals surface area contributed by atoms with Crippen molar-refractivity contribution in [2.45, 2.75) is 20.0 Å². The molecule has 0 bridgehead atoms. The smallest absolute Gasteiger partial charge is 0.346 e. The van der Waals surface area contributed by atoms with Crippen LogP contribution in [0.5, 0.6) is 11.5 Å². The molecule has 0 aliphatic carbocycles. The van der Waals surface area contributed by atoms with Crippen LogP contribution in [0.25, 0.3) is 0 Å². The Morgan fingerprint density at radius 2 is 2.09 bits per heavy atom. The van der Waals surface area contributed by atoms with Crippen LogP contribution in [0.1, 0.15) is 27.7 Å². The number of nitrogens with zero attached hydrogens (tertiary/aromatic N) is 1. The molecular formula is C16H17NO4S. The van der Waals surface area contributed by atoms with E-state index in [4.69, 9.17) is 9.47 Å². The molecule has 0 saturated heterocycles. The summed E-state index contributed by atoms with van der Waals surface area (Å²) in [5.74, 6) is 0.692. The maximum Gasteiger partial charge on any atom is 0.346 e. The van der Waals surface area contributed by atoms with Crippen molar-refractivity contribution in [1.29, 1.82) is 0 Å². The molecule has 0 radical (unpaired) electrons. The van der Waals surface area contributed by atoms with Crippen LogP contribution in [0.15, 0.2) is 29.6 Å². The summed E-state index contributed by atoms with van der Waals surface area (Å²) in [6.07, 6.45) is 0. The molecule has 0 atom stereocenters. The average molecular weight is 319 g/mol. The van der Waals surface area contributed by atoms with Gasteiger partial charge in [-0.2, -0.15) is 0 Å². The molecule has 0 fully saturated rings. The van der Waals surface area contributed by atoms with Crippen LogP contribution < -0.4 is 9.47 Å². The molecule has 0 saturated carbocycles. The van der Waals surface area contributed by atoms with Crippen LogP contribution >= 0.6 is 11.3 Å². The standard InChI is InChI=1S/C16H17NO4S/c1-2-17(9-12-5-6-22-15(12)16(18)19)8-11-3-4-13-14(7-11)21-10-20-13/h3-7H,2,8-10H2,1H3,(H,18,19). The summed E-state index contributed by atoms with van der Waals surface area (Å²) in [5.41, 5.74) is 1.98. The van der Waals surface area contributed by atoms with E-state index >= 15 is 0 Å². The van der Waals surface area contributed by atoms with Gasteiger partial charge >= 0.3 is 5.97 Å². The molecule has 1 N–H and O–H groups in total. The summed E-state index contributed by atoms with van der Waals surface area (Å²) < 4.78 is 10.7. The summed E-state index contributed by atoms with van der Waals surface area (Å²) >= 11 is 1.27. The topological polar surface area (TPSA) is 59.0 Å². The van der Waals surface area contributed by atoms with Gasteiger partial charge in [-0.3, -0.25) is 4.90 Å². The highest BCUT2D eigenvalue weighted by atomic mass is 32.1. The van der Waals surface area contributed by atoms with Crippen LogP contribution in [0.3, 0.4) is 0 Å². The minimum atomic E-state index is -0.857. The molecule has 3 rings (SSSR count). The molecule has 1 aromatic carbocycles. The fraction of sp³-hybridized carbons (Fsp3) is 0.312. The number of benzene rings is 1. The third kappa shape index (κ3) is 3.08. The highest BCUT2D eigenvalue weighted by Gasteiger charge is 2.17. The Hall–Kier alpha value is -2.05. The lowest BCUT2D eigenvalue weighted by Gasteiger charge is -2.20. The van der Waals surface area contributed by atoms with Gasteiger partial charge in [-0.15, -0.1) is 11.3 Å². The number of ether oxygens (including phenoxy) is 2. The Morgan fingerprint density at radius 3 is 2.86 bits per heavy atom. The highest BCUT2D eigenvalue weighted by molar-refractivity contribution is 7.12. The molecule has 5 nitrogen and oxygen atoms in total. The van der Waals surface area contributed by atoms with Gasteiger partial charge in [0.25, 0.3) is 0 Å². The van der Waals surface area contributed by atoms with Gasteiger partial charge < -0.3 is 14.6 Å². The van der Waals surface area contributed by atoms with Crippen molar-refractivity contribution in [2.24, 2.45) is 0 Å². The maximum atomic E-state index is 11.2. The first-order valence-corrected chi connectivity index (χ1v) is 7.96. The largest absolute Gasteiger partial charge is 0.477 e. The van der Waals surface area contributed by atoms with Crippen LogP contribution in [0.4, 0.5) is 0 Å².